The van der Waals surface area contributed by atoms with Gasteiger partial charge in [-0.15, -0.1) is 11.8 Å². The molecule has 3 aromatic rings. The molecule has 1 aromatic heterocycles. The third kappa shape index (κ3) is 5.15. The number of aromatic nitrogens is 1. The lowest BCUT2D eigenvalue weighted by molar-refractivity contribution is -0.115. The fourth-order valence-electron chi connectivity index (χ4n) is 2.65. The number of amides is 1. The Morgan fingerprint density at radius 2 is 2.00 bits per heavy atom. The van der Waals surface area contributed by atoms with Crippen LogP contribution < -0.4 is 9.54 Å². The highest BCUT2D eigenvalue weighted by Crippen LogP contribution is 2.24. The fourth-order valence-corrected chi connectivity index (χ4v) is 4.56. The van der Waals surface area contributed by atoms with E-state index < -0.39 is 0 Å². The Morgan fingerprint density at radius 3 is 2.70 bits per heavy atom. The zero-order valence-corrected chi connectivity index (χ0v) is 17.7. The second-order valence-electron chi connectivity index (χ2n) is 5.85. The first-order valence-electron chi connectivity index (χ1n) is 8.82. The van der Waals surface area contributed by atoms with Crippen molar-refractivity contribution in [3.05, 3.63) is 52.3 Å². The molecule has 27 heavy (non-hydrogen) atoms. The lowest BCUT2D eigenvalue weighted by atomic mass is 10.3. The minimum Gasteiger partial charge on any atom is -0.494 e. The molecule has 0 aliphatic rings. The number of thioether (sulfide) groups is 1. The van der Waals surface area contributed by atoms with E-state index in [1.165, 1.54) is 23.1 Å². The average Bonchev–Trinajstić information content (AvgIpc) is 2.98. The number of aryl methyl sites for hydroxylation is 1. The Labute approximate surface area is 171 Å². The Kier molecular flexibility index (Phi) is 6.99. The second kappa shape index (κ2) is 9.44. The van der Waals surface area contributed by atoms with Gasteiger partial charge in [0.05, 0.1) is 22.6 Å². The van der Waals surface area contributed by atoms with Gasteiger partial charge >= 0.3 is 0 Å². The number of hydrogen-bond donors (Lipinski definition) is 0. The maximum absolute atomic E-state index is 12.4. The number of thiazole rings is 1. The van der Waals surface area contributed by atoms with Gasteiger partial charge in [0.15, 0.2) is 4.80 Å². The third-order valence-corrected chi connectivity index (χ3v) is 6.10. The zero-order chi connectivity index (χ0) is 19.2. The number of fused-ring (bicyclic) bond motifs is 1. The van der Waals surface area contributed by atoms with Crippen LogP contribution in [0.4, 0.5) is 0 Å². The highest BCUT2D eigenvalue weighted by Gasteiger charge is 2.09. The number of halogens is 1. The minimum atomic E-state index is -0.142. The van der Waals surface area contributed by atoms with E-state index in [2.05, 4.69) is 16.5 Å². The lowest BCUT2D eigenvalue weighted by Gasteiger charge is -2.05. The van der Waals surface area contributed by atoms with E-state index in [0.717, 1.165) is 38.6 Å². The van der Waals surface area contributed by atoms with Crippen molar-refractivity contribution in [1.82, 2.24) is 4.57 Å². The molecule has 0 aliphatic heterocycles. The van der Waals surface area contributed by atoms with Crippen molar-refractivity contribution in [3.8, 4) is 5.75 Å². The van der Waals surface area contributed by atoms with Gasteiger partial charge in [-0.2, -0.15) is 4.99 Å². The van der Waals surface area contributed by atoms with Gasteiger partial charge in [0.25, 0.3) is 5.91 Å². The predicted octanol–water partition coefficient (Wildman–Crippen LogP) is 5.38. The van der Waals surface area contributed by atoms with Crippen LogP contribution in [0.1, 0.15) is 20.3 Å². The van der Waals surface area contributed by atoms with Crippen LogP contribution in [-0.2, 0) is 11.3 Å². The summed E-state index contributed by atoms with van der Waals surface area (Å²) in [6, 6.07) is 13.5. The molecule has 4 nitrogen and oxygen atoms in total. The zero-order valence-electron chi connectivity index (χ0n) is 15.3. The Balaban J connectivity index is 1.85. The van der Waals surface area contributed by atoms with E-state index >= 15 is 0 Å². The standard InChI is InChI=1S/C20H21ClN2O2S2/c1-3-11-23-17-10-7-15(25-4-2)12-18(17)27-20(23)22-19(24)13-26-16-8-5-14(21)6-9-16/h5-10,12H,3-4,11,13H2,1-2H3. The van der Waals surface area contributed by atoms with Gasteiger partial charge in [-0.1, -0.05) is 29.9 Å². The molecule has 2 aromatic carbocycles. The highest BCUT2D eigenvalue weighted by atomic mass is 35.5. The summed E-state index contributed by atoms with van der Waals surface area (Å²) >= 11 is 8.88. The van der Waals surface area contributed by atoms with Crippen molar-refractivity contribution in [2.24, 2.45) is 4.99 Å². The predicted molar refractivity (Wildman–Crippen MR) is 114 cm³/mol. The first kappa shape index (κ1) is 20.0. The van der Waals surface area contributed by atoms with Gasteiger partial charge in [-0.3, -0.25) is 4.79 Å². The van der Waals surface area contributed by atoms with Crippen LogP contribution in [0.15, 0.2) is 52.4 Å². The van der Waals surface area contributed by atoms with Gasteiger partial charge in [-0.05, 0) is 55.8 Å². The Hall–Kier alpha value is -1.76. The number of ether oxygens (including phenoxy) is 1. The maximum Gasteiger partial charge on any atom is 0.258 e. The molecule has 0 bridgehead atoms. The van der Waals surface area contributed by atoms with E-state index in [4.69, 9.17) is 16.3 Å². The van der Waals surface area contributed by atoms with Crippen molar-refractivity contribution >= 4 is 50.8 Å². The van der Waals surface area contributed by atoms with Crippen molar-refractivity contribution in [1.29, 1.82) is 0 Å². The average molecular weight is 421 g/mol. The molecule has 142 valence electrons. The van der Waals surface area contributed by atoms with Gasteiger partial charge in [0, 0.05) is 16.5 Å². The van der Waals surface area contributed by atoms with Crippen molar-refractivity contribution in [2.45, 2.75) is 31.7 Å². The number of nitrogens with zero attached hydrogens (tertiary/aromatic N) is 2. The molecular weight excluding hydrogens is 400 g/mol. The second-order valence-corrected chi connectivity index (χ2v) is 8.34. The molecule has 0 aliphatic carbocycles. The molecule has 0 N–H and O–H groups in total. The Bertz CT molecular complexity index is 993. The quantitative estimate of drug-likeness (QED) is 0.481. The van der Waals surface area contributed by atoms with Gasteiger partial charge < -0.3 is 9.30 Å². The van der Waals surface area contributed by atoms with Crippen LogP contribution in [0.5, 0.6) is 5.75 Å². The minimum absolute atomic E-state index is 0.142. The third-order valence-electron chi connectivity index (χ3n) is 3.81. The summed E-state index contributed by atoms with van der Waals surface area (Å²) < 4.78 is 8.77. The molecule has 0 unspecified atom stereocenters. The van der Waals surface area contributed by atoms with E-state index in [-0.39, 0.29) is 5.91 Å². The van der Waals surface area contributed by atoms with Crippen LogP contribution >= 0.6 is 34.7 Å². The van der Waals surface area contributed by atoms with Crippen LogP contribution in [0, 0.1) is 0 Å². The number of benzene rings is 2. The molecular formula is C20H21ClN2O2S2. The smallest absolute Gasteiger partial charge is 0.258 e. The number of hydrogen-bond acceptors (Lipinski definition) is 4. The molecule has 3 rings (SSSR count). The first-order chi connectivity index (χ1) is 13.1. The van der Waals surface area contributed by atoms with E-state index in [9.17, 15) is 4.79 Å². The normalized spacial score (nSPS) is 11.9. The van der Waals surface area contributed by atoms with Crippen molar-refractivity contribution in [2.75, 3.05) is 12.4 Å². The van der Waals surface area contributed by atoms with Crippen molar-refractivity contribution < 1.29 is 9.53 Å². The number of rotatable bonds is 7. The summed E-state index contributed by atoms with van der Waals surface area (Å²) in [5, 5.41) is 0.688. The molecule has 1 amide bonds. The summed E-state index contributed by atoms with van der Waals surface area (Å²) in [6.07, 6.45) is 0.972. The monoisotopic (exact) mass is 420 g/mol. The fraction of sp³-hybridized carbons (Fsp3) is 0.300. The molecule has 0 fully saturated rings. The molecule has 1 heterocycles. The summed E-state index contributed by atoms with van der Waals surface area (Å²) in [6.45, 7) is 5.54. The van der Waals surface area contributed by atoms with Gasteiger partial charge in [-0.25, -0.2) is 0 Å². The summed E-state index contributed by atoms with van der Waals surface area (Å²) in [4.78, 5) is 18.5. The summed E-state index contributed by atoms with van der Waals surface area (Å²) in [5.74, 6) is 0.995. The molecule has 0 saturated heterocycles. The first-order valence-corrected chi connectivity index (χ1v) is 11.0. The molecule has 0 radical (unpaired) electrons. The highest BCUT2D eigenvalue weighted by molar-refractivity contribution is 8.00. The molecule has 0 spiro atoms. The van der Waals surface area contributed by atoms with Crippen LogP contribution in [0.3, 0.4) is 0 Å². The largest absolute Gasteiger partial charge is 0.494 e. The van der Waals surface area contributed by atoms with Gasteiger partial charge in [0.1, 0.15) is 5.75 Å². The van der Waals surface area contributed by atoms with Crippen LogP contribution in [0.25, 0.3) is 10.2 Å². The number of carbonyl (C=O) groups is 1. The van der Waals surface area contributed by atoms with E-state index in [0.29, 0.717) is 17.4 Å². The Morgan fingerprint density at radius 1 is 1.22 bits per heavy atom. The molecule has 0 atom stereocenters. The van der Waals surface area contributed by atoms with Crippen LogP contribution in [-0.4, -0.2) is 22.8 Å². The van der Waals surface area contributed by atoms with E-state index in [1.807, 2.05) is 49.4 Å². The SMILES string of the molecule is CCCn1c(=NC(=O)CSc2ccc(Cl)cc2)sc2cc(OCC)ccc21. The van der Waals surface area contributed by atoms with Gasteiger partial charge in [0.2, 0.25) is 0 Å². The molecule has 7 heteroatoms. The summed E-state index contributed by atoms with van der Waals surface area (Å²) in [5.41, 5.74) is 1.09. The number of carbonyl (C=O) groups excluding carboxylic acids is 1. The molecule has 0 saturated carbocycles. The summed E-state index contributed by atoms with van der Waals surface area (Å²) in [7, 11) is 0. The van der Waals surface area contributed by atoms with Crippen molar-refractivity contribution in [3.63, 3.8) is 0 Å². The van der Waals surface area contributed by atoms with E-state index in [1.54, 1.807) is 0 Å². The maximum atomic E-state index is 12.4. The topological polar surface area (TPSA) is 43.6 Å². The lowest BCUT2D eigenvalue weighted by Crippen LogP contribution is -2.17. The van der Waals surface area contributed by atoms with Crippen LogP contribution in [0.2, 0.25) is 5.02 Å².